The second-order valence-corrected chi connectivity index (χ2v) is 4.44. The van der Waals surface area contributed by atoms with E-state index in [4.69, 9.17) is 4.52 Å². The molecule has 0 aliphatic rings. The molecule has 0 unspecified atom stereocenters. The smallest absolute Gasteiger partial charge is 0.223 e. The van der Waals surface area contributed by atoms with Crippen molar-refractivity contribution in [3.05, 3.63) is 30.4 Å². The molecule has 0 aliphatic carbocycles. The van der Waals surface area contributed by atoms with Gasteiger partial charge in [-0.25, -0.2) is 4.98 Å². The van der Waals surface area contributed by atoms with Crippen LogP contribution in [-0.2, 0) is 13.0 Å². The fourth-order valence-electron chi connectivity index (χ4n) is 1.79. The lowest BCUT2D eigenvalue weighted by atomic mass is 10.3. The Kier molecular flexibility index (Phi) is 4.46. The molecule has 18 heavy (non-hydrogen) atoms. The minimum Gasteiger partial charge on any atom is -0.340 e. The standard InChI is InChI=1S/C12H19N5O/c1-11-14-12(15-18-11)4-8-16(2)6-3-7-17-9-5-13-10-17/h5,9-10H,3-4,6-8H2,1-2H3. The first-order valence-electron chi connectivity index (χ1n) is 6.17. The molecule has 2 aromatic heterocycles. The van der Waals surface area contributed by atoms with E-state index in [1.165, 1.54) is 0 Å². The van der Waals surface area contributed by atoms with Crippen LogP contribution < -0.4 is 0 Å². The summed E-state index contributed by atoms with van der Waals surface area (Å²) in [7, 11) is 2.11. The number of aryl methyl sites for hydroxylation is 2. The van der Waals surface area contributed by atoms with E-state index in [-0.39, 0.29) is 0 Å². The zero-order valence-corrected chi connectivity index (χ0v) is 10.9. The Morgan fingerprint density at radius 3 is 2.94 bits per heavy atom. The highest BCUT2D eigenvalue weighted by Crippen LogP contribution is 1.98. The summed E-state index contributed by atoms with van der Waals surface area (Å²) in [6.07, 6.45) is 7.59. The molecule has 0 aliphatic heterocycles. The molecule has 0 saturated heterocycles. The van der Waals surface area contributed by atoms with Crippen molar-refractivity contribution in [2.75, 3.05) is 20.1 Å². The van der Waals surface area contributed by atoms with Crippen molar-refractivity contribution in [1.29, 1.82) is 0 Å². The van der Waals surface area contributed by atoms with Crippen molar-refractivity contribution in [3.8, 4) is 0 Å². The summed E-state index contributed by atoms with van der Waals surface area (Å²) in [6, 6.07) is 0. The molecule has 6 nitrogen and oxygen atoms in total. The number of likely N-dealkylation sites (N-methyl/N-ethyl adjacent to an activating group) is 1. The third-order valence-corrected chi connectivity index (χ3v) is 2.80. The number of rotatable bonds is 7. The van der Waals surface area contributed by atoms with Crippen LogP contribution >= 0.6 is 0 Å². The maximum atomic E-state index is 4.94. The lowest BCUT2D eigenvalue weighted by molar-refractivity contribution is 0.319. The predicted molar refractivity (Wildman–Crippen MR) is 67.1 cm³/mol. The van der Waals surface area contributed by atoms with Gasteiger partial charge in [-0.2, -0.15) is 4.98 Å². The highest BCUT2D eigenvalue weighted by atomic mass is 16.5. The summed E-state index contributed by atoms with van der Waals surface area (Å²) in [6.45, 7) is 4.81. The minimum atomic E-state index is 0.632. The molecule has 0 amide bonds. The van der Waals surface area contributed by atoms with E-state index in [1.54, 1.807) is 0 Å². The van der Waals surface area contributed by atoms with Crippen molar-refractivity contribution in [3.63, 3.8) is 0 Å². The highest BCUT2D eigenvalue weighted by Gasteiger charge is 2.04. The third-order valence-electron chi connectivity index (χ3n) is 2.80. The van der Waals surface area contributed by atoms with Gasteiger partial charge in [0.2, 0.25) is 5.89 Å². The first-order valence-corrected chi connectivity index (χ1v) is 6.17. The van der Waals surface area contributed by atoms with Crippen LogP contribution in [0.25, 0.3) is 0 Å². The van der Waals surface area contributed by atoms with E-state index < -0.39 is 0 Å². The van der Waals surface area contributed by atoms with Crippen LogP contribution in [0.1, 0.15) is 18.1 Å². The van der Waals surface area contributed by atoms with Gasteiger partial charge in [0.15, 0.2) is 5.82 Å². The fraction of sp³-hybridized carbons (Fsp3) is 0.583. The molecule has 98 valence electrons. The van der Waals surface area contributed by atoms with Gasteiger partial charge in [-0.1, -0.05) is 5.16 Å². The molecule has 2 rings (SSSR count). The normalized spacial score (nSPS) is 11.3. The molecule has 0 atom stereocenters. The van der Waals surface area contributed by atoms with Crippen molar-refractivity contribution in [2.24, 2.45) is 0 Å². The van der Waals surface area contributed by atoms with E-state index in [2.05, 4.69) is 31.6 Å². The van der Waals surface area contributed by atoms with E-state index in [9.17, 15) is 0 Å². The Morgan fingerprint density at radius 1 is 1.39 bits per heavy atom. The average molecular weight is 249 g/mol. The first-order chi connectivity index (χ1) is 8.74. The molecule has 0 bridgehead atoms. The first kappa shape index (κ1) is 12.8. The summed E-state index contributed by atoms with van der Waals surface area (Å²) in [4.78, 5) is 10.5. The van der Waals surface area contributed by atoms with Crippen molar-refractivity contribution in [2.45, 2.75) is 26.3 Å². The van der Waals surface area contributed by atoms with Crippen LogP contribution in [0, 0.1) is 6.92 Å². The lowest BCUT2D eigenvalue weighted by Gasteiger charge is -2.15. The number of nitrogens with zero attached hydrogens (tertiary/aromatic N) is 5. The van der Waals surface area contributed by atoms with Gasteiger partial charge in [-0.15, -0.1) is 0 Å². The van der Waals surface area contributed by atoms with Gasteiger partial charge in [0.1, 0.15) is 0 Å². The SMILES string of the molecule is Cc1nc(CCN(C)CCCn2ccnc2)no1. The van der Waals surface area contributed by atoms with Crippen LogP contribution in [0.2, 0.25) is 0 Å². The minimum absolute atomic E-state index is 0.632. The molecule has 0 N–H and O–H groups in total. The highest BCUT2D eigenvalue weighted by molar-refractivity contribution is 4.84. The van der Waals surface area contributed by atoms with Gasteiger partial charge in [0.05, 0.1) is 6.33 Å². The maximum Gasteiger partial charge on any atom is 0.223 e. The number of aromatic nitrogens is 4. The summed E-state index contributed by atoms with van der Waals surface area (Å²) < 4.78 is 7.03. The van der Waals surface area contributed by atoms with Gasteiger partial charge >= 0.3 is 0 Å². The summed E-state index contributed by atoms with van der Waals surface area (Å²) in [5.41, 5.74) is 0. The monoisotopic (exact) mass is 249 g/mol. The summed E-state index contributed by atoms with van der Waals surface area (Å²) >= 11 is 0. The summed E-state index contributed by atoms with van der Waals surface area (Å²) in [5, 5.41) is 3.88. The average Bonchev–Trinajstić information content (AvgIpc) is 2.98. The fourth-order valence-corrected chi connectivity index (χ4v) is 1.79. The van der Waals surface area contributed by atoms with Crippen molar-refractivity contribution >= 4 is 0 Å². The van der Waals surface area contributed by atoms with Crippen LogP contribution in [0.3, 0.4) is 0 Å². The Hall–Kier alpha value is -1.69. The largest absolute Gasteiger partial charge is 0.340 e. The predicted octanol–water partition coefficient (Wildman–Crippen LogP) is 1.14. The van der Waals surface area contributed by atoms with Gasteiger partial charge in [-0.05, 0) is 20.0 Å². The topological polar surface area (TPSA) is 60.0 Å². The molecule has 2 heterocycles. The molecule has 0 fully saturated rings. The second-order valence-electron chi connectivity index (χ2n) is 4.44. The molecule has 6 heteroatoms. The van der Waals surface area contributed by atoms with Gasteiger partial charge in [0, 0.05) is 38.8 Å². The summed E-state index contributed by atoms with van der Waals surface area (Å²) in [5.74, 6) is 1.42. The molecule has 0 saturated carbocycles. The van der Waals surface area contributed by atoms with E-state index in [1.807, 2.05) is 25.6 Å². The van der Waals surface area contributed by atoms with Gasteiger partial charge in [0.25, 0.3) is 0 Å². The molecular formula is C12H19N5O. The Bertz CT molecular complexity index is 451. The Morgan fingerprint density at radius 2 is 2.28 bits per heavy atom. The van der Waals surface area contributed by atoms with Crippen LogP contribution in [0.15, 0.2) is 23.2 Å². The van der Waals surface area contributed by atoms with E-state index in [0.29, 0.717) is 5.89 Å². The van der Waals surface area contributed by atoms with Gasteiger partial charge in [-0.3, -0.25) is 0 Å². The van der Waals surface area contributed by atoms with Crippen molar-refractivity contribution < 1.29 is 4.52 Å². The van der Waals surface area contributed by atoms with Crippen LogP contribution in [0.4, 0.5) is 0 Å². The number of hydrogen-bond acceptors (Lipinski definition) is 5. The number of imidazole rings is 1. The molecular weight excluding hydrogens is 230 g/mol. The quantitative estimate of drug-likeness (QED) is 0.736. The maximum absolute atomic E-state index is 4.94. The van der Waals surface area contributed by atoms with Crippen LogP contribution in [-0.4, -0.2) is 44.7 Å². The molecule has 0 aromatic carbocycles. The van der Waals surface area contributed by atoms with E-state index >= 15 is 0 Å². The zero-order valence-electron chi connectivity index (χ0n) is 10.9. The number of hydrogen-bond donors (Lipinski definition) is 0. The second kappa shape index (κ2) is 6.30. The van der Waals surface area contributed by atoms with Crippen molar-refractivity contribution in [1.82, 2.24) is 24.6 Å². The van der Waals surface area contributed by atoms with Crippen LogP contribution in [0.5, 0.6) is 0 Å². The zero-order chi connectivity index (χ0) is 12.8. The molecule has 0 radical (unpaired) electrons. The van der Waals surface area contributed by atoms with Gasteiger partial charge < -0.3 is 14.0 Å². The Balaban J connectivity index is 1.61. The van der Waals surface area contributed by atoms with E-state index in [0.717, 1.165) is 38.3 Å². The Labute approximate surface area is 107 Å². The molecule has 2 aromatic rings. The third kappa shape index (κ3) is 3.96. The lowest BCUT2D eigenvalue weighted by Crippen LogP contribution is -2.23. The molecule has 0 spiro atoms.